The van der Waals surface area contributed by atoms with Crippen molar-refractivity contribution in [1.82, 2.24) is 0 Å². The fourth-order valence-electron chi connectivity index (χ4n) is 0.362. The molecule has 1 atom stereocenters. The summed E-state index contributed by atoms with van der Waals surface area (Å²) in [5.74, 6) is -3.05. The number of aliphatic carboxylic acids is 1. The summed E-state index contributed by atoms with van der Waals surface area (Å²) >= 11 is 0. The highest BCUT2D eigenvalue weighted by molar-refractivity contribution is 6.31. The largest absolute Gasteiger partial charge is 0.542 e. The van der Waals surface area contributed by atoms with Crippen molar-refractivity contribution in [1.29, 1.82) is 0 Å². The molecule has 0 aromatic rings. The van der Waals surface area contributed by atoms with Crippen LogP contribution in [0.1, 0.15) is 6.42 Å². The topological polar surface area (TPSA) is 97.7 Å². The fourth-order valence-corrected chi connectivity index (χ4v) is 0.362. The van der Waals surface area contributed by atoms with E-state index in [1.54, 1.807) is 0 Å². The predicted molar refractivity (Wildman–Crippen MR) is 27.7 cm³/mol. The highest BCUT2D eigenvalue weighted by Crippen LogP contribution is 1.89. The molecule has 0 unspecified atom stereocenters. The summed E-state index contributed by atoms with van der Waals surface area (Å²) in [5.41, 5.74) is 0. The molecule has 5 heteroatoms. The van der Waals surface area contributed by atoms with Crippen molar-refractivity contribution < 1.29 is 24.9 Å². The Bertz CT molecular complexity index is 141. The lowest BCUT2D eigenvalue weighted by molar-refractivity contribution is -0.300. The summed E-state index contributed by atoms with van der Waals surface area (Å²) < 4.78 is 0. The first-order chi connectivity index (χ1) is 4.57. The van der Waals surface area contributed by atoms with Gasteiger partial charge in [-0.25, -0.2) is 0 Å². The number of aliphatic hydroxyl groups is 2. The second-order valence-corrected chi connectivity index (χ2v) is 1.75. The number of aliphatic hydroxyl groups excluding tert-OH is 2. The van der Waals surface area contributed by atoms with Crippen LogP contribution >= 0.6 is 0 Å². The Morgan fingerprint density at radius 3 is 2.30 bits per heavy atom. The fraction of sp³-hybridized carbons (Fsp3) is 0.600. The molecule has 0 aliphatic carbocycles. The van der Waals surface area contributed by atoms with Gasteiger partial charge in [0.05, 0.1) is 12.7 Å². The highest BCUT2D eigenvalue weighted by Gasteiger charge is 2.09. The van der Waals surface area contributed by atoms with Crippen LogP contribution in [0.25, 0.3) is 0 Å². The van der Waals surface area contributed by atoms with E-state index in [-0.39, 0.29) is 0 Å². The summed E-state index contributed by atoms with van der Waals surface area (Å²) in [6, 6.07) is 0. The maximum atomic E-state index is 10.2. The van der Waals surface area contributed by atoms with Gasteiger partial charge in [-0.1, -0.05) is 0 Å². The van der Waals surface area contributed by atoms with Crippen LogP contribution in [0.2, 0.25) is 0 Å². The third kappa shape index (κ3) is 3.16. The Morgan fingerprint density at radius 2 is 2.00 bits per heavy atom. The van der Waals surface area contributed by atoms with Crippen molar-refractivity contribution in [3.8, 4) is 0 Å². The van der Waals surface area contributed by atoms with E-state index in [2.05, 4.69) is 0 Å². The van der Waals surface area contributed by atoms with Crippen molar-refractivity contribution in [3.63, 3.8) is 0 Å². The number of carboxylic acid groups (broad SMARTS) is 1. The summed E-state index contributed by atoms with van der Waals surface area (Å²) in [5, 5.41) is 26.4. The Labute approximate surface area is 56.9 Å². The summed E-state index contributed by atoms with van der Waals surface area (Å²) in [4.78, 5) is 19.9. The molecule has 0 fully saturated rings. The first-order valence-electron chi connectivity index (χ1n) is 2.61. The van der Waals surface area contributed by atoms with E-state index in [1.165, 1.54) is 0 Å². The zero-order valence-electron chi connectivity index (χ0n) is 5.11. The van der Waals surface area contributed by atoms with Gasteiger partial charge in [0.2, 0.25) is 0 Å². The monoisotopic (exact) mass is 147 g/mol. The first-order valence-corrected chi connectivity index (χ1v) is 2.61. The standard InChI is InChI=1S/C5H8O5/c6-2-3(7)1-4(8)5(9)10/h3,6-7H,1-2H2,(H,9,10)/p-1/t3-/m1/s1. The van der Waals surface area contributed by atoms with Gasteiger partial charge in [-0.2, -0.15) is 0 Å². The average Bonchev–Trinajstić information content (AvgIpc) is 1.87. The molecule has 0 amide bonds. The number of carbonyl (C=O) groups excluding carboxylic acids is 2. The molecule has 0 aliphatic rings. The molecular formula is C5H7O5-. The number of carbonyl (C=O) groups is 2. The van der Waals surface area contributed by atoms with Gasteiger partial charge < -0.3 is 20.1 Å². The van der Waals surface area contributed by atoms with Crippen LogP contribution in [-0.2, 0) is 9.59 Å². The molecule has 0 saturated carbocycles. The number of hydrogen-bond acceptors (Lipinski definition) is 5. The van der Waals surface area contributed by atoms with Gasteiger partial charge in [0.25, 0.3) is 0 Å². The second kappa shape index (κ2) is 3.97. The molecule has 58 valence electrons. The molecule has 0 radical (unpaired) electrons. The van der Waals surface area contributed by atoms with Crippen molar-refractivity contribution in [3.05, 3.63) is 0 Å². The number of hydrogen-bond donors (Lipinski definition) is 2. The van der Waals surface area contributed by atoms with Crippen molar-refractivity contribution in [2.45, 2.75) is 12.5 Å². The van der Waals surface area contributed by atoms with Crippen LogP contribution < -0.4 is 5.11 Å². The maximum absolute atomic E-state index is 10.2. The van der Waals surface area contributed by atoms with Crippen LogP contribution in [-0.4, -0.2) is 34.7 Å². The predicted octanol–water partition coefficient (Wildman–Crippen LogP) is -2.95. The Morgan fingerprint density at radius 1 is 1.50 bits per heavy atom. The van der Waals surface area contributed by atoms with E-state index in [4.69, 9.17) is 10.2 Å². The SMILES string of the molecule is O=C([O-])C(=O)C[C@@H](O)CO. The second-order valence-electron chi connectivity index (χ2n) is 1.75. The third-order valence-corrected chi connectivity index (χ3v) is 0.859. The van der Waals surface area contributed by atoms with E-state index in [9.17, 15) is 14.7 Å². The lowest BCUT2D eigenvalue weighted by Gasteiger charge is -2.04. The van der Waals surface area contributed by atoms with Crippen LogP contribution in [0, 0.1) is 0 Å². The molecule has 0 saturated heterocycles. The Balaban J connectivity index is 3.68. The van der Waals surface area contributed by atoms with Gasteiger partial charge in [0.1, 0.15) is 5.97 Å². The van der Waals surface area contributed by atoms with Gasteiger partial charge in [0.15, 0.2) is 5.78 Å². The molecule has 10 heavy (non-hydrogen) atoms. The molecule has 0 aromatic heterocycles. The number of carboxylic acids is 1. The van der Waals surface area contributed by atoms with Crippen molar-refractivity contribution in [2.24, 2.45) is 0 Å². The normalized spacial score (nSPS) is 12.6. The molecule has 0 spiro atoms. The summed E-state index contributed by atoms with van der Waals surface area (Å²) in [6.45, 7) is -0.626. The summed E-state index contributed by atoms with van der Waals surface area (Å²) in [6.07, 6.45) is -1.90. The van der Waals surface area contributed by atoms with Gasteiger partial charge in [0, 0.05) is 6.42 Å². The molecule has 5 nitrogen and oxygen atoms in total. The lowest BCUT2D eigenvalue weighted by atomic mass is 10.2. The molecule has 0 aromatic carbocycles. The maximum Gasteiger partial charge on any atom is 0.180 e. The first kappa shape index (κ1) is 9.06. The molecular weight excluding hydrogens is 140 g/mol. The average molecular weight is 147 g/mol. The minimum Gasteiger partial charge on any atom is -0.542 e. The zero-order chi connectivity index (χ0) is 8.15. The van der Waals surface area contributed by atoms with Gasteiger partial charge in [-0.15, -0.1) is 0 Å². The third-order valence-electron chi connectivity index (χ3n) is 0.859. The van der Waals surface area contributed by atoms with Crippen molar-refractivity contribution in [2.75, 3.05) is 6.61 Å². The van der Waals surface area contributed by atoms with Gasteiger partial charge >= 0.3 is 0 Å². The molecule has 2 N–H and O–H groups in total. The number of rotatable bonds is 4. The Hall–Kier alpha value is -0.940. The van der Waals surface area contributed by atoms with Crippen LogP contribution in [0.3, 0.4) is 0 Å². The Kier molecular flexibility index (Phi) is 3.60. The molecule has 0 heterocycles. The van der Waals surface area contributed by atoms with E-state index in [1.807, 2.05) is 0 Å². The van der Waals surface area contributed by atoms with E-state index < -0.39 is 30.9 Å². The van der Waals surface area contributed by atoms with Crippen molar-refractivity contribution >= 4 is 11.8 Å². The smallest absolute Gasteiger partial charge is 0.180 e. The summed E-state index contributed by atoms with van der Waals surface area (Å²) in [7, 11) is 0. The van der Waals surface area contributed by atoms with E-state index >= 15 is 0 Å². The number of Topliss-reactive ketones (excluding diaryl/α,β-unsaturated/α-hetero) is 1. The quantitative estimate of drug-likeness (QED) is 0.414. The van der Waals surface area contributed by atoms with Crippen LogP contribution in [0.15, 0.2) is 0 Å². The van der Waals surface area contributed by atoms with E-state index in [0.717, 1.165) is 0 Å². The van der Waals surface area contributed by atoms with Gasteiger partial charge in [-0.3, -0.25) is 4.79 Å². The van der Waals surface area contributed by atoms with Crippen LogP contribution in [0.5, 0.6) is 0 Å². The molecule has 0 rings (SSSR count). The minimum atomic E-state index is -1.84. The number of ketones is 1. The lowest BCUT2D eigenvalue weighted by Crippen LogP contribution is -2.34. The highest BCUT2D eigenvalue weighted by atomic mass is 16.4. The minimum absolute atomic E-state index is 0.598. The molecule has 0 bridgehead atoms. The van der Waals surface area contributed by atoms with Crippen LogP contribution in [0.4, 0.5) is 0 Å². The van der Waals surface area contributed by atoms with E-state index in [0.29, 0.717) is 0 Å². The molecule has 0 aliphatic heterocycles. The van der Waals surface area contributed by atoms with Gasteiger partial charge in [-0.05, 0) is 0 Å². The zero-order valence-corrected chi connectivity index (χ0v) is 5.11.